The van der Waals surface area contributed by atoms with Crippen molar-refractivity contribution in [3.63, 3.8) is 0 Å². The second-order valence-corrected chi connectivity index (χ2v) is 4.11. The van der Waals surface area contributed by atoms with Crippen molar-refractivity contribution in [2.45, 2.75) is 32.4 Å². The third kappa shape index (κ3) is 4.96. The minimum absolute atomic E-state index is 0.104. The van der Waals surface area contributed by atoms with Crippen LogP contribution >= 0.6 is 0 Å². The Kier molecular flexibility index (Phi) is 5.31. The van der Waals surface area contributed by atoms with E-state index in [1.807, 2.05) is 13.1 Å². The largest absolute Gasteiger partial charge is 0.481 e. The first kappa shape index (κ1) is 14.2. The average Bonchev–Trinajstić information content (AvgIpc) is 2.71. The van der Waals surface area contributed by atoms with Crippen molar-refractivity contribution in [1.82, 2.24) is 15.1 Å². The monoisotopic (exact) mass is 254 g/mol. The standard InChI is InChI=1S/C11H18N4O3/c1-8-6-14-15(7-8)5-4-13-11(18)9(12)2-3-10(16)17/h6-7,9H,2-5,12H2,1H3,(H,13,18)(H,16,17). The van der Waals surface area contributed by atoms with Gasteiger partial charge in [-0.15, -0.1) is 0 Å². The van der Waals surface area contributed by atoms with E-state index >= 15 is 0 Å². The van der Waals surface area contributed by atoms with Crippen molar-refractivity contribution < 1.29 is 14.7 Å². The molecule has 1 amide bonds. The number of carbonyl (C=O) groups excluding carboxylic acids is 1. The molecule has 1 aromatic heterocycles. The molecule has 0 saturated carbocycles. The van der Waals surface area contributed by atoms with Gasteiger partial charge in [-0.1, -0.05) is 0 Å². The number of nitrogens with two attached hydrogens (primary N) is 1. The smallest absolute Gasteiger partial charge is 0.303 e. The molecule has 0 aliphatic heterocycles. The molecule has 7 nitrogen and oxygen atoms in total. The predicted octanol–water partition coefficient (Wildman–Crippen LogP) is -0.500. The molecule has 0 aliphatic rings. The quantitative estimate of drug-likeness (QED) is 0.607. The van der Waals surface area contributed by atoms with Crippen molar-refractivity contribution in [2.24, 2.45) is 5.73 Å². The van der Waals surface area contributed by atoms with Crippen molar-refractivity contribution in [3.05, 3.63) is 18.0 Å². The number of nitrogens with one attached hydrogen (secondary N) is 1. The van der Waals surface area contributed by atoms with Gasteiger partial charge in [-0.3, -0.25) is 14.3 Å². The summed E-state index contributed by atoms with van der Waals surface area (Å²) in [6.45, 7) is 2.91. The lowest BCUT2D eigenvalue weighted by Gasteiger charge is -2.11. The number of hydrogen-bond acceptors (Lipinski definition) is 4. The fourth-order valence-electron chi connectivity index (χ4n) is 1.42. The number of hydrogen-bond donors (Lipinski definition) is 3. The Bertz CT molecular complexity index is 416. The van der Waals surface area contributed by atoms with Gasteiger partial charge in [0, 0.05) is 19.2 Å². The molecule has 0 bridgehead atoms. The molecule has 0 fully saturated rings. The fraction of sp³-hybridized carbons (Fsp3) is 0.545. The van der Waals surface area contributed by atoms with Crippen molar-refractivity contribution in [2.75, 3.05) is 6.54 Å². The van der Waals surface area contributed by atoms with Crippen LogP contribution in [0.2, 0.25) is 0 Å². The highest BCUT2D eigenvalue weighted by Gasteiger charge is 2.14. The van der Waals surface area contributed by atoms with Crippen LogP contribution in [0, 0.1) is 6.92 Å². The maximum absolute atomic E-state index is 11.5. The summed E-state index contributed by atoms with van der Waals surface area (Å²) in [4.78, 5) is 21.8. The summed E-state index contributed by atoms with van der Waals surface area (Å²) in [6, 6.07) is -0.777. The molecule has 1 aromatic rings. The molecular formula is C11H18N4O3. The van der Waals surface area contributed by atoms with Crippen LogP contribution in [0.25, 0.3) is 0 Å². The second kappa shape index (κ2) is 6.75. The number of aliphatic carboxylic acids is 1. The van der Waals surface area contributed by atoms with E-state index in [0.717, 1.165) is 5.56 Å². The van der Waals surface area contributed by atoms with E-state index in [2.05, 4.69) is 10.4 Å². The van der Waals surface area contributed by atoms with Crippen LogP contribution in [-0.4, -0.2) is 39.4 Å². The highest BCUT2D eigenvalue weighted by Crippen LogP contribution is 1.95. The molecule has 1 heterocycles. The van der Waals surface area contributed by atoms with Gasteiger partial charge in [0.15, 0.2) is 0 Å². The highest BCUT2D eigenvalue weighted by atomic mass is 16.4. The molecule has 4 N–H and O–H groups in total. The van der Waals surface area contributed by atoms with Crippen LogP contribution in [-0.2, 0) is 16.1 Å². The summed E-state index contributed by atoms with van der Waals surface area (Å²) in [6.07, 6.45) is 3.64. The van der Waals surface area contributed by atoms with Crippen LogP contribution in [0.1, 0.15) is 18.4 Å². The maximum Gasteiger partial charge on any atom is 0.303 e. The summed E-state index contributed by atoms with van der Waals surface area (Å²) in [5, 5.41) is 15.2. The van der Waals surface area contributed by atoms with Gasteiger partial charge < -0.3 is 16.2 Å². The number of amides is 1. The summed E-state index contributed by atoms with van der Waals surface area (Å²) in [5.74, 6) is -1.29. The molecule has 0 radical (unpaired) electrons. The second-order valence-electron chi connectivity index (χ2n) is 4.11. The van der Waals surface area contributed by atoms with Gasteiger partial charge in [0.2, 0.25) is 5.91 Å². The lowest BCUT2D eigenvalue weighted by Crippen LogP contribution is -2.42. The van der Waals surface area contributed by atoms with Crippen LogP contribution in [0.3, 0.4) is 0 Å². The van der Waals surface area contributed by atoms with Gasteiger partial charge in [-0.05, 0) is 18.9 Å². The van der Waals surface area contributed by atoms with E-state index < -0.39 is 12.0 Å². The molecule has 18 heavy (non-hydrogen) atoms. The summed E-state index contributed by atoms with van der Waals surface area (Å²) < 4.78 is 1.72. The number of nitrogens with zero attached hydrogens (tertiary/aromatic N) is 2. The van der Waals surface area contributed by atoms with E-state index in [9.17, 15) is 9.59 Å². The average molecular weight is 254 g/mol. The number of rotatable bonds is 7. The molecule has 100 valence electrons. The van der Waals surface area contributed by atoms with Gasteiger partial charge in [0.25, 0.3) is 0 Å². The SMILES string of the molecule is Cc1cnn(CCNC(=O)C(N)CCC(=O)O)c1. The Morgan fingerprint density at radius 1 is 1.61 bits per heavy atom. The Morgan fingerprint density at radius 3 is 2.89 bits per heavy atom. The Labute approximate surface area is 105 Å². The molecule has 0 aromatic carbocycles. The molecule has 1 rings (SSSR count). The number of carboxylic acids is 1. The van der Waals surface area contributed by atoms with Crippen LogP contribution in [0.15, 0.2) is 12.4 Å². The molecular weight excluding hydrogens is 236 g/mol. The van der Waals surface area contributed by atoms with Crippen molar-refractivity contribution in [1.29, 1.82) is 0 Å². The predicted molar refractivity (Wildman–Crippen MR) is 64.8 cm³/mol. The third-order valence-electron chi connectivity index (χ3n) is 2.41. The van der Waals surface area contributed by atoms with Gasteiger partial charge in [0.05, 0.1) is 18.8 Å². The van der Waals surface area contributed by atoms with Crippen molar-refractivity contribution in [3.8, 4) is 0 Å². The van der Waals surface area contributed by atoms with Crippen LogP contribution in [0.5, 0.6) is 0 Å². The van der Waals surface area contributed by atoms with Gasteiger partial charge >= 0.3 is 5.97 Å². The first-order valence-corrected chi connectivity index (χ1v) is 5.73. The van der Waals surface area contributed by atoms with E-state index in [1.165, 1.54) is 0 Å². The number of aromatic nitrogens is 2. The summed E-state index contributed by atoms with van der Waals surface area (Å²) >= 11 is 0. The molecule has 1 atom stereocenters. The van der Waals surface area contributed by atoms with E-state index in [1.54, 1.807) is 10.9 Å². The fourth-order valence-corrected chi connectivity index (χ4v) is 1.42. The zero-order chi connectivity index (χ0) is 13.5. The molecule has 0 spiro atoms. The topological polar surface area (TPSA) is 110 Å². The summed E-state index contributed by atoms with van der Waals surface area (Å²) in [5.41, 5.74) is 6.61. The van der Waals surface area contributed by atoms with Crippen LogP contribution < -0.4 is 11.1 Å². The third-order valence-corrected chi connectivity index (χ3v) is 2.41. The van der Waals surface area contributed by atoms with Crippen molar-refractivity contribution >= 4 is 11.9 Å². The first-order valence-electron chi connectivity index (χ1n) is 5.73. The lowest BCUT2D eigenvalue weighted by atomic mass is 10.1. The lowest BCUT2D eigenvalue weighted by molar-refractivity contribution is -0.137. The van der Waals surface area contributed by atoms with Crippen LogP contribution in [0.4, 0.5) is 0 Å². The molecule has 0 aliphatic carbocycles. The van der Waals surface area contributed by atoms with Gasteiger partial charge in [-0.25, -0.2) is 0 Å². The Hall–Kier alpha value is -1.89. The normalized spacial score (nSPS) is 12.1. The summed E-state index contributed by atoms with van der Waals surface area (Å²) in [7, 11) is 0. The van der Waals surface area contributed by atoms with E-state index in [4.69, 9.17) is 10.8 Å². The number of carboxylic acid groups (broad SMARTS) is 1. The first-order chi connectivity index (χ1) is 8.49. The number of carbonyl (C=O) groups is 2. The van der Waals surface area contributed by atoms with Gasteiger partial charge in [0.1, 0.15) is 0 Å². The number of aryl methyl sites for hydroxylation is 1. The zero-order valence-corrected chi connectivity index (χ0v) is 10.3. The van der Waals surface area contributed by atoms with Gasteiger partial charge in [-0.2, -0.15) is 5.10 Å². The Balaban J connectivity index is 2.22. The Morgan fingerprint density at radius 2 is 2.33 bits per heavy atom. The maximum atomic E-state index is 11.5. The molecule has 0 saturated heterocycles. The molecule has 1 unspecified atom stereocenters. The zero-order valence-electron chi connectivity index (χ0n) is 10.3. The van der Waals surface area contributed by atoms with E-state index in [-0.39, 0.29) is 18.7 Å². The molecule has 7 heteroatoms. The van der Waals surface area contributed by atoms with E-state index in [0.29, 0.717) is 13.1 Å². The minimum Gasteiger partial charge on any atom is -0.481 e. The minimum atomic E-state index is -0.953. The highest BCUT2D eigenvalue weighted by molar-refractivity contribution is 5.82.